The van der Waals surface area contributed by atoms with E-state index in [1.807, 2.05) is 0 Å². The van der Waals surface area contributed by atoms with Crippen LogP contribution in [0, 0.1) is 0 Å². The molecule has 1 aromatic carbocycles. The quantitative estimate of drug-likeness (QED) is 0.736. The highest BCUT2D eigenvalue weighted by Crippen LogP contribution is 2.14. The molecule has 0 amide bonds. The van der Waals surface area contributed by atoms with E-state index in [9.17, 15) is 0 Å². The highest BCUT2D eigenvalue weighted by molar-refractivity contribution is 6.15. The first kappa shape index (κ1) is 11.7. The molecule has 0 bridgehead atoms. The molecule has 16 heavy (non-hydrogen) atoms. The number of nitrogens with one attached hydrogen (secondary N) is 1. The summed E-state index contributed by atoms with van der Waals surface area (Å²) in [5, 5.41) is 3.63. The van der Waals surface area contributed by atoms with Crippen LogP contribution < -0.4 is 5.32 Å². The standard InChI is InChI=1S/C13H21BN2/c1-11-8-16(10-13(2,14)15-11)9-12-6-4-3-5-7-12/h3-7,11,15H,8-10,14H2,1-2H3/t11-,13-/m0/s1. The van der Waals surface area contributed by atoms with Gasteiger partial charge in [-0.3, -0.25) is 4.90 Å². The van der Waals surface area contributed by atoms with E-state index in [0.29, 0.717) is 6.04 Å². The van der Waals surface area contributed by atoms with E-state index in [-0.39, 0.29) is 5.44 Å². The predicted octanol–water partition coefficient (Wildman–Crippen LogP) is 0.830. The van der Waals surface area contributed by atoms with Gasteiger partial charge < -0.3 is 5.32 Å². The molecule has 1 N–H and O–H groups in total. The van der Waals surface area contributed by atoms with Crippen molar-refractivity contribution in [2.75, 3.05) is 13.1 Å². The van der Waals surface area contributed by atoms with E-state index < -0.39 is 0 Å². The normalized spacial score (nSPS) is 31.5. The Balaban J connectivity index is 2.00. The number of piperazine rings is 1. The zero-order valence-electron chi connectivity index (χ0n) is 10.5. The van der Waals surface area contributed by atoms with E-state index in [0.717, 1.165) is 19.6 Å². The Hall–Kier alpha value is -0.795. The summed E-state index contributed by atoms with van der Waals surface area (Å²) >= 11 is 0. The van der Waals surface area contributed by atoms with Crippen molar-refractivity contribution in [3.8, 4) is 0 Å². The molecule has 1 aromatic rings. The molecule has 1 heterocycles. The Morgan fingerprint density at radius 2 is 2.12 bits per heavy atom. The van der Waals surface area contributed by atoms with Crippen molar-refractivity contribution in [2.24, 2.45) is 0 Å². The molecule has 0 unspecified atom stereocenters. The maximum atomic E-state index is 3.63. The molecule has 0 spiro atoms. The first-order valence-corrected chi connectivity index (χ1v) is 6.09. The van der Waals surface area contributed by atoms with Gasteiger partial charge in [0.25, 0.3) is 0 Å². The highest BCUT2D eigenvalue weighted by Gasteiger charge is 2.29. The van der Waals surface area contributed by atoms with E-state index in [1.54, 1.807) is 0 Å². The Morgan fingerprint density at radius 3 is 2.75 bits per heavy atom. The summed E-state index contributed by atoms with van der Waals surface area (Å²) in [4.78, 5) is 2.54. The molecule has 86 valence electrons. The fourth-order valence-electron chi connectivity index (χ4n) is 2.73. The fourth-order valence-corrected chi connectivity index (χ4v) is 2.73. The Morgan fingerprint density at radius 1 is 1.44 bits per heavy atom. The largest absolute Gasteiger partial charge is 0.314 e. The van der Waals surface area contributed by atoms with Gasteiger partial charge >= 0.3 is 0 Å². The van der Waals surface area contributed by atoms with Crippen molar-refractivity contribution >= 4 is 7.85 Å². The third-order valence-corrected chi connectivity index (χ3v) is 3.04. The van der Waals surface area contributed by atoms with Crippen molar-refractivity contribution < 1.29 is 0 Å². The lowest BCUT2D eigenvalue weighted by atomic mass is 9.77. The van der Waals surface area contributed by atoms with Crippen LogP contribution in [0.25, 0.3) is 0 Å². The van der Waals surface area contributed by atoms with Crippen LogP contribution in [0.3, 0.4) is 0 Å². The third kappa shape index (κ3) is 3.10. The smallest absolute Gasteiger partial charge is 0.128 e. The molecule has 2 atom stereocenters. The van der Waals surface area contributed by atoms with Crippen LogP contribution in [0.2, 0.25) is 0 Å². The lowest BCUT2D eigenvalue weighted by molar-refractivity contribution is 0.148. The Bertz CT molecular complexity index is 337. The minimum absolute atomic E-state index is 0.229. The van der Waals surface area contributed by atoms with Gasteiger partial charge in [0.1, 0.15) is 7.85 Å². The molecule has 1 aliphatic rings. The number of hydrogen-bond acceptors (Lipinski definition) is 2. The van der Waals surface area contributed by atoms with Crippen LogP contribution in [0.5, 0.6) is 0 Å². The summed E-state index contributed by atoms with van der Waals surface area (Å²) in [7, 11) is 2.28. The topological polar surface area (TPSA) is 15.3 Å². The van der Waals surface area contributed by atoms with E-state index in [4.69, 9.17) is 0 Å². The van der Waals surface area contributed by atoms with Gasteiger partial charge in [0.2, 0.25) is 0 Å². The number of rotatable bonds is 2. The van der Waals surface area contributed by atoms with Crippen LogP contribution in [0.15, 0.2) is 30.3 Å². The molecular weight excluding hydrogens is 195 g/mol. The number of nitrogens with zero attached hydrogens (tertiary/aromatic N) is 1. The minimum Gasteiger partial charge on any atom is -0.314 e. The number of benzene rings is 1. The molecule has 3 heteroatoms. The van der Waals surface area contributed by atoms with Crippen molar-refractivity contribution in [1.82, 2.24) is 10.2 Å². The van der Waals surface area contributed by atoms with Crippen LogP contribution >= 0.6 is 0 Å². The lowest BCUT2D eigenvalue weighted by Crippen LogP contribution is -2.62. The van der Waals surface area contributed by atoms with Gasteiger partial charge in [-0.1, -0.05) is 37.3 Å². The van der Waals surface area contributed by atoms with E-state index >= 15 is 0 Å². The van der Waals surface area contributed by atoms with Gasteiger partial charge in [0, 0.05) is 25.7 Å². The fraction of sp³-hybridized carbons (Fsp3) is 0.538. The molecule has 1 fully saturated rings. The predicted molar refractivity (Wildman–Crippen MR) is 71.3 cm³/mol. The van der Waals surface area contributed by atoms with Gasteiger partial charge in [0.15, 0.2) is 0 Å². The number of hydrogen-bond donors (Lipinski definition) is 1. The van der Waals surface area contributed by atoms with Crippen LogP contribution in [0.4, 0.5) is 0 Å². The summed E-state index contributed by atoms with van der Waals surface area (Å²) < 4.78 is 0. The molecule has 0 radical (unpaired) electrons. The van der Waals surface area contributed by atoms with Crippen molar-refractivity contribution in [3.05, 3.63) is 35.9 Å². The summed E-state index contributed by atoms with van der Waals surface area (Å²) in [6.45, 7) is 7.86. The molecule has 1 saturated heterocycles. The monoisotopic (exact) mass is 216 g/mol. The summed E-state index contributed by atoms with van der Waals surface area (Å²) in [6, 6.07) is 11.3. The van der Waals surface area contributed by atoms with Gasteiger partial charge in [-0.15, -0.1) is 0 Å². The van der Waals surface area contributed by atoms with Crippen molar-refractivity contribution in [2.45, 2.75) is 31.9 Å². The van der Waals surface area contributed by atoms with Crippen molar-refractivity contribution in [3.63, 3.8) is 0 Å². The Labute approximate surface area is 99.4 Å². The molecule has 0 aromatic heterocycles. The van der Waals surface area contributed by atoms with Gasteiger partial charge in [-0.2, -0.15) is 0 Å². The molecular formula is C13H21BN2. The molecule has 0 aliphatic carbocycles. The molecule has 0 saturated carbocycles. The average Bonchev–Trinajstić information content (AvgIpc) is 2.15. The first-order valence-electron chi connectivity index (χ1n) is 6.09. The second kappa shape index (κ2) is 4.60. The summed E-state index contributed by atoms with van der Waals surface area (Å²) in [5.41, 5.74) is 1.64. The SMILES string of the molecule is B[C@]1(C)CN(Cc2ccccc2)C[C@H](C)N1. The third-order valence-electron chi connectivity index (χ3n) is 3.04. The van der Waals surface area contributed by atoms with Crippen molar-refractivity contribution in [1.29, 1.82) is 0 Å². The summed E-state index contributed by atoms with van der Waals surface area (Å²) in [5.74, 6) is 0. The van der Waals surface area contributed by atoms with E-state index in [2.05, 4.69) is 62.2 Å². The maximum Gasteiger partial charge on any atom is 0.128 e. The Kier molecular flexibility index (Phi) is 3.36. The summed E-state index contributed by atoms with van der Waals surface area (Å²) in [6.07, 6.45) is 0. The highest BCUT2D eigenvalue weighted by atomic mass is 15.2. The molecule has 2 nitrogen and oxygen atoms in total. The maximum absolute atomic E-state index is 3.63. The second-order valence-corrected chi connectivity index (χ2v) is 5.58. The van der Waals surface area contributed by atoms with Gasteiger partial charge in [0.05, 0.1) is 0 Å². The zero-order chi connectivity index (χ0) is 11.6. The molecule has 1 aliphatic heterocycles. The first-order chi connectivity index (χ1) is 7.55. The minimum atomic E-state index is 0.229. The van der Waals surface area contributed by atoms with Crippen LogP contribution in [-0.2, 0) is 6.54 Å². The second-order valence-electron chi connectivity index (χ2n) is 5.58. The molecule has 2 rings (SSSR count). The lowest BCUT2D eigenvalue weighted by Gasteiger charge is -2.43. The van der Waals surface area contributed by atoms with Gasteiger partial charge in [-0.25, -0.2) is 0 Å². The zero-order valence-corrected chi connectivity index (χ0v) is 10.5. The van der Waals surface area contributed by atoms with Gasteiger partial charge in [-0.05, 0) is 17.9 Å². The van der Waals surface area contributed by atoms with Crippen LogP contribution in [0.1, 0.15) is 19.4 Å². The van der Waals surface area contributed by atoms with Crippen LogP contribution in [-0.4, -0.2) is 37.3 Å². The average molecular weight is 216 g/mol. The van der Waals surface area contributed by atoms with E-state index in [1.165, 1.54) is 5.56 Å².